The van der Waals surface area contributed by atoms with E-state index in [2.05, 4.69) is 45.1 Å². The lowest BCUT2D eigenvalue weighted by Crippen LogP contribution is -2.31. The Bertz CT molecular complexity index is 358. The molecule has 0 saturated carbocycles. The van der Waals surface area contributed by atoms with Gasteiger partial charge in [0.15, 0.2) is 0 Å². The molecule has 0 fully saturated rings. The summed E-state index contributed by atoms with van der Waals surface area (Å²) in [6.45, 7) is 11.0. The minimum absolute atomic E-state index is 0.244. The van der Waals surface area contributed by atoms with Gasteiger partial charge in [-0.15, -0.1) is 0 Å². The first-order valence-electron chi connectivity index (χ1n) is 6.40. The third-order valence-electron chi connectivity index (χ3n) is 2.91. The number of hydrogen-bond donors (Lipinski definition) is 1. The van der Waals surface area contributed by atoms with Gasteiger partial charge in [-0.05, 0) is 48.9 Å². The Morgan fingerprint density at radius 2 is 2.00 bits per heavy atom. The number of nitrogens with one attached hydrogen (secondary N) is 1. The first-order chi connectivity index (χ1) is 7.94. The molecule has 0 spiro atoms. The molecule has 0 aromatic heterocycles. The molecule has 1 nitrogen and oxygen atoms in total. The molecule has 0 bridgehead atoms. The van der Waals surface area contributed by atoms with Crippen LogP contribution in [0.4, 0.5) is 0 Å². The Balaban J connectivity index is 2.62. The SMILES string of the molecule is CCCNCC(C)(C)Cc1ccc(C)cc1Cl. The average Bonchev–Trinajstić information content (AvgIpc) is 2.22. The van der Waals surface area contributed by atoms with Crippen LogP contribution in [0.3, 0.4) is 0 Å². The summed E-state index contributed by atoms with van der Waals surface area (Å²) >= 11 is 6.28. The summed E-state index contributed by atoms with van der Waals surface area (Å²) in [4.78, 5) is 0. The van der Waals surface area contributed by atoms with Crippen molar-refractivity contribution in [3.8, 4) is 0 Å². The molecule has 1 aromatic carbocycles. The first kappa shape index (κ1) is 14.5. The number of aryl methyl sites for hydroxylation is 1. The van der Waals surface area contributed by atoms with E-state index in [0.29, 0.717) is 0 Å². The zero-order valence-electron chi connectivity index (χ0n) is 11.4. The normalized spacial score (nSPS) is 11.8. The second-order valence-corrected chi connectivity index (χ2v) is 6.02. The van der Waals surface area contributed by atoms with E-state index < -0.39 is 0 Å². The highest BCUT2D eigenvalue weighted by Gasteiger charge is 2.19. The average molecular weight is 254 g/mol. The van der Waals surface area contributed by atoms with E-state index in [9.17, 15) is 0 Å². The van der Waals surface area contributed by atoms with Gasteiger partial charge >= 0.3 is 0 Å². The molecule has 17 heavy (non-hydrogen) atoms. The van der Waals surface area contributed by atoms with Crippen molar-refractivity contribution in [3.63, 3.8) is 0 Å². The van der Waals surface area contributed by atoms with Gasteiger partial charge in [-0.2, -0.15) is 0 Å². The molecule has 1 N–H and O–H groups in total. The van der Waals surface area contributed by atoms with Crippen molar-refractivity contribution in [2.45, 2.75) is 40.5 Å². The fourth-order valence-electron chi connectivity index (χ4n) is 1.98. The molecule has 0 heterocycles. The van der Waals surface area contributed by atoms with Crippen LogP contribution in [0, 0.1) is 12.3 Å². The van der Waals surface area contributed by atoms with E-state index in [1.165, 1.54) is 17.5 Å². The van der Waals surface area contributed by atoms with Crippen LogP contribution in [-0.4, -0.2) is 13.1 Å². The highest BCUT2D eigenvalue weighted by Crippen LogP contribution is 2.26. The van der Waals surface area contributed by atoms with Crippen molar-refractivity contribution in [2.24, 2.45) is 5.41 Å². The molecule has 0 aliphatic carbocycles. The number of hydrogen-bond acceptors (Lipinski definition) is 1. The molecule has 0 aliphatic heterocycles. The zero-order chi connectivity index (χ0) is 12.9. The number of rotatable bonds is 6. The number of benzene rings is 1. The Labute approximate surface area is 111 Å². The first-order valence-corrected chi connectivity index (χ1v) is 6.78. The van der Waals surface area contributed by atoms with E-state index in [1.807, 2.05) is 6.07 Å². The summed E-state index contributed by atoms with van der Waals surface area (Å²) in [7, 11) is 0. The van der Waals surface area contributed by atoms with Crippen molar-refractivity contribution in [3.05, 3.63) is 34.3 Å². The Morgan fingerprint density at radius 3 is 2.59 bits per heavy atom. The van der Waals surface area contributed by atoms with Crippen LogP contribution in [0.25, 0.3) is 0 Å². The third-order valence-corrected chi connectivity index (χ3v) is 3.26. The third kappa shape index (κ3) is 5.10. The van der Waals surface area contributed by atoms with Crippen molar-refractivity contribution >= 4 is 11.6 Å². The molecule has 1 rings (SSSR count). The predicted octanol–water partition coefficient (Wildman–Crippen LogP) is 4.22. The van der Waals surface area contributed by atoms with Crippen LogP contribution in [0.2, 0.25) is 5.02 Å². The second-order valence-electron chi connectivity index (χ2n) is 5.61. The molecular formula is C15H24ClN. The molecule has 0 amide bonds. The standard InChI is InChI=1S/C15H24ClN/c1-5-8-17-11-15(3,4)10-13-7-6-12(2)9-14(13)16/h6-7,9,17H,5,8,10-11H2,1-4H3. The molecule has 0 unspecified atom stereocenters. The molecule has 0 atom stereocenters. The molecular weight excluding hydrogens is 230 g/mol. The highest BCUT2D eigenvalue weighted by atomic mass is 35.5. The van der Waals surface area contributed by atoms with Gasteiger partial charge in [0.2, 0.25) is 0 Å². The minimum Gasteiger partial charge on any atom is -0.316 e. The fraction of sp³-hybridized carbons (Fsp3) is 0.600. The summed E-state index contributed by atoms with van der Waals surface area (Å²) in [6, 6.07) is 6.34. The summed E-state index contributed by atoms with van der Waals surface area (Å²) in [5.74, 6) is 0. The fourth-order valence-corrected chi connectivity index (χ4v) is 2.28. The Hall–Kier alpha value is -0.530. The van der Waals surface area contributed by atoms with Crippen LogP contribution < -0.4 is 5.32 Å². The van der Waals surface area contributed by atoms with Gasteiger partial charge in [0.1, 0.15) is 0 Å². The monoisotopic (exact) mass is 253 g/mol. The summed E-state index contributed by atoms with van der Waals surface area (Å²) in [5, 5.41) is 4.38. The maximum absolute atomic E-state index is 6.28. The van der Waals surface area contributed by atoms with Gasteiger partial charge in [0, 0.05) is 11.6 Å². The van der Waals surface area contributed by atoms with Gasteiger partial charge in [-0.25, -0.2) is 0 Å². The molecule has 0 radical (unpaired) electrons. The Kier molecular flexibility index (Phi) is 5.48. The van der Waals surface area contributed by atoms with Gasteiger partial charge in [0.25, 0.3) is 0 Å². The van der Waals surface area contributed by atoms with Crippen LogP contribution in [-0.2, 0) is 6.42 Å². The number of halogens is 1. The van der Waals surface area contributed by atoms with Crippen LogP contribution in [0.1, 0.15) is 38.3 Å². The summed E-state index contributed by atoms with van der Waals surface area (Å²) < 4.78 is 0. The van der Waals surface area contributed by atoms with Gasteiger partial charge in [0.05, 0.1) is 0 Å². The predicted molar refractivity (Wildman–Crippen MR) is 76.8 cm³/mol. The van der Waals surface area contributed by atoms with Crippen molar-refractivity contribution in [2.75, 3.05) is 13.1 Å². The molecule has 0 aliphatic rings. The summed E-state index contributed by atoms with van der Waals surface area (Å²) in [5.41, 5.74) is 2.72. The lowest BCUT2D eigenvalue weighted by Gasteiger charge is -2.25. The van der Waals surface area contributed by atoms with Gasteiger partial charge in [-0.1, -0.05) is 44.5 Å². The molecule has 0 saturated heterocycles. The van der Waals surface area contributed by atoms with Crippen LogP contribution >= 0.6 is 11.6 Å². The highest BCUT2D eigenvalue weighted by molar-refractivity contribution is 6.31. The largest absolute Gasteiger partial charge is 0.316 e. The molecule has 1 aromatic rings. The van der Waals surface area contributed by atoms with E-state index >= 15 is 0 Å². The van der Waals surface area contributed by atoms with Gasteiger partial charge < -0.3 is 5.32 Å². The van der Waals surface area contributed by atoms with Crippen LogP contribution in [0.15, 0.2) is 18.2 Å². The lowest BCUT2D eigenvalue weighted by atomic mass is 9.85. The van der Waals surface area contributed by atoms with Crippen molar-refractivity contribution in [1.82, 2.24) is 5.32 Å². The van der Waals surface area contributed by atoms with Gasteiger partial charge in [-0.3, -0.25) is 0 Å². The molecule has 2 heteroatoms. The maximum Gasteiger partial charge on any atom is 0.0440 e. The Morgan fingerprint density at radius 1 is 1.29 bits per heavy atom. The maximum atomic E-state index is 6.28. The van der Waals surface area contributed by atoms with E-state index in [0.717, 1.165) is 24.5 Å². The van der Waals surface area contributed by atoms with Crippen LogP contribution in [0.5, 0.6) is 0 Å². The lowest BCUT2D eigenvalue weighted by molar-refractivity contribution is 0.339. The minimum atomic E-state index is 0.244. The zero-order valence-corrected chi connectivity index (χ0v) is 12.2. The smallest absolute Gasteiger partial charge is 0.0440 e. The topological polar surface area (TPSA) is 12.0 Å². The van der Waals surface area contributed by atoms with Crippen molar-refractivity contribution in [1.29, 1.82) is 0 Å². The quantitative estimate of drug-likeness (QED) is 0.749. The van der Waals surface area contributed by atoms with E-state index in [-0.39, 0.29) is 5.41 Å². The van der Waals surface area contributed by atoms with E-state index in [1.54, 1.807) is 0 Å². The molecule has 96 valence electrons. The summed E-state index contributed by atoms with van der Waals surface area (Å²) in [6.07, 6.45) is 2.20. The second kappa shape index (κ2) is 6.42. The van der Waals surface area contributed by atoms with Crippen molar-refractivity contribution < 1.29 is 0 Å². The van der Waals surface area contributed by atoms with E-state index in [4.69, 9.17) is 11.6 Å².